The molecule has 1 aliphatic carbocycles. The number of amides is 2. The number of hydrogen-bond donors (Lipinski definition) is 1. The van der Waals surface area contributed by atoms with E-state index in [9.17, 15) is 26.4 Å². The average molecular weight is 579 g/mol. The van der Waals surface area contributed by atoms with Crippen LogP contribution < -0.4 is 5.32 Å². The highest BCUT2D eigenvalue weighted by Crippen LogP contribution is 2.35. The van der Waals surface area contributed by atoms with E-state index in [2.05, 4.69) is 5.32 Å². The summed E-state index contributed by atoms with van der Waals surface area (Å²) >= 11 is 0. The van der Waals surface area contributed by atoms with E-state index in [1.165, 1.54) is 10.7 Å². The van der Waals surface area contributed by atoms with Crippen LogP contribution in [-0.2, 0) is 31.1 Å². The SMILES string of the molecule is Cc1cc(C(=O)N2CCS(=O)(=O)CC2)ccc1CCS(=O)(=O)N1CCC2(CC1)N=C(C1CCCCC1)NC2=O. The molecule has 214 valence electrons. The van der Waals surface area contributed by atoms with E-state index in [1.807, 2.05) is 6.92 Å². The average Bonchev–Trinajstić information content (AvgIpc) is 3.23. The number of benzene rings is 1. The van der Waals surface area contributed by atoms with Crippen LogP contribution >= 0.6 is 0 Å². The van der Waals surface area contributed by atoms with Crippen LogP contribution in [0.3, 0.4) is 0 Å². The van der Waals surface area contributed by atoms with Gasteiger partial charge in [-0.15, -0.1) is 0 Å². The van der Waals surface area contributed by atoms with Gasteiger partial charge in [-0.2, -0.15) is 0 Å². The molecule has 12 heteroatoms. The second-order valence-corrected chi connectivity index (χ2v) is 15.8. The smallest absolute Gasteiger partial charge is 0.253 e. The fourth-order valence-corrected chi connectivity index (χ4v) is 8.84. The van der Waals surface area contributed by atoms with Crippen LogP contribution in [0.15, 0.2) is 23.2 Å². The van der Waals surface area contributed by atoms with E-state index in [0.29, 0.717) is 30.7 Å². The topological polar surface area (TPSA) is 133 Å². The molecule has 5 rings (SSSR count). The minimum absolute atomic E-state index is 0.0238. The second kappa shape index (κ2) is 10.9. The highest BCUT2D eigenvalue weighted by Gasteiger charge is 2.48. The minimum Gasteiger partial charge on any atom is -0.337 e. The Balaban J connectivity index is 1.17. The van der Waals surface area contributed by atoms with Crippen molar-refractivity contribution >= 4 is 37.5 Å². The maximum absolute atomic E-state index is 13.2. The lowest BCUT2D eigenvalue weighted by Crippen LogP contribution is -2.51. The van der Waals surface area contributed by atoms with Crippen molar-refractivity contribution in [2.45, 2.75) is 63.8 Å². The van der Waals surface area contributed by atoms with Gasteiger partial charge < -0.3 is 10.2 Å². The zero-order chi connectivity index (χ0) is 27.8. The lowest BCUT2D eigenvalue weighted by molar-refractivity contribution is -0.125. The number of sulfone groups is 1. The van der Waals surface area contributed by atoms with Crippen LogP contribution in [-0.4, -0.2) is 92.7 Å². The Morgan fingerprint density at radius 2 is 1.74 bits per heavy atom. The molecule has 0 atom stereocenters. The number of nitrogens with zero attached hydrogens (tertiary/aromatic N) is 3. The predicted molar refractivity (Wildman–Crippen MR) is 149 cm³/mol. The molecule has 3 fully saturated rings. The zero-order valence-corrected chi connectivity index (χ0v) is 24.2. The maximum Gasteiger partial charge on any atom is 0.253 e. The van der Waals surface area contributed by atoms with Gasteiger partial charge in [-0.3, -0.25) is 14.6 Å². The molecule has 1 aromatic carbocycles. The second-order valence-electron chi connectivity index (χ2n) is 11.4. The number of amidine groups is 1. The summed E-state index contributed by atoms with van der Waals surface area (Å²) in [6.45, 7) is 2.77. The largest absolute Gasteiger partial charge is 0.337 e. The number of sulfonamides is 1. The number of aryl methyl sites for hydroxylation is 2. The van der Waals surface area contributed by atoms with E-state index in [1.54, 1.807) is 23.1 Å². The number of carbonyl (C=O) groups is 2. The summed E-state index contributed by atoms with van der Waals surface area (Å²) in [6, 6.07) is 5.22. The minimum atomic E-state index is -3.53. The van der Waals surface area contributed by atoms with Crippen LogP contribution in [0.4, 0.5) is 0 Å². The number of piperidine rings is 1. The van der Waals surface area contributed by atoms with Gasteiger partial charge in [0.2, 0.25) is 10.0 Å². The van der Waals surface area contributed by atoms with Gasteiger partial charge in [0, 0.05) is 37.7 Å². The first kappa shape index (κ1) is 28.2. The maximum atomic E-state index is 13.2. The quantitative estimate of drug-likeness (QED) is 0.546. The Labute approximate surface area is 231 Å². The third kappa shape index (κ3) is 6.07. The summed E-state index contributed by atoms with van der Waals surface area (Å²) < 4.78 is 51.2. The third-order valence-electron chi connectivity index (χ3n) is 8.78. The standard InChI is InChI=1S/C27H38N4O6S2/c1-20-19-23(25(32)30-14-17-38(34,35)18-15-30)8-7-21(20)9-16-39(36,37)31-12-10-27(11-13-31)26(33)28-24(29-27)22-5-3-2-4-6-22/h7-8,19,22H,2-6,9-18H2,1H3,(H,28,29,33). The molecule has 2 saturated heterocycles. The third-order valence-corrected chi connectivity index (χ3v) is 12.3. The molecule has 39 heavy (non-hydrogen) atoms. The molecular formula is C27H38N4O6S2. The predicted octanol–water partition coefficient (Wildman–Crippen LogP) is 1.68. The first-order chi connectivity index (χ1) is 18.5. The Hall–Kier alpha value is -2.31. The van der Waals surface area contributed by atoms with Crippen LogP contribution in [0.2, 0.25) is 0 Å². The molecule has 1 N–H and O–H groups in total. The highest BCUT2D eigenvalue weighted by molar-refractivity contribution is 7.91. The van der Waals surface area contributed by atoms with Crippen molar-refractivity contribution < 1.29 is 26.4 Å². The van der Waals surface area contributed by atoms with Gasteiger partial charge >= 0.3 is 0 Å². The molecule has 3 aliphatic heterocycles. The zero-order valence-electron chi connectivity index (χ0n) is 22.5. The summed E-state index contributed by atoms with van der Waals surface area (Å²) in [5.74, 6) is 0.717. The molecule has 1 saturated carbocycles. The van der Waals surface area contributed by atoms with E-state index >= 15 is 0 Å². The van der Waals surface area contributed by atoms with Crippen LogP contribution in [0.1, 0.15) is 66.4 Å². The van der Waals surface area contributed by atoms with Crippen molar-refractivity contribution in [3.8, 4) is 0 Å². The van der Waals surface area contributed by atoms with Crippen molar-refractivity contribution in [2.24, 2.45) is 10.9 Å². The van der Waals surface area contributed by atoms with Crippen LogP contribution in [0, 0.1) is 12.8 Å². The lowest BCUT2D eigenvalue weighted by atomic mass is 9.88. The molecule has 3 heterocycles. The Kier molecular flexibility index (Phi) is 7.91. The Bertz CT molecular complexity index is 1360. The number of nitrogens with one attached hydrogen (secondary N) is 1. The number of carbonyl (C=O) groups excluding carboxylic acids is 2. The first-order valence-corrected chi connectivity index (χ1v) is 17.4. The van der Waals surface area contributed by atoms with Gasteiger partial charge in [0.25, 0.3) is 11.8 Å². The van der Waals surface area contributed by atoms with E-state index in [4.69, 9.17) is 4.99 Å². The fraction of sp³-hybridized carbons (Fsp3) is 0.667. The first-order valence-electron chi connectivity index (χ1n) is 14.0. The Morgan fingerprint density at radius 1 is 1.08 bits per heavy atom. The number of hydrogen-bond acceptors (Lipinski definition) is 7. The van der Waals surface area contributed by atoms with Gasteiger partial charge in [-0.1, -0.05) is 25.3 Å². The van der Waals surface area contributed by atoms with Crippen LogP contribution in [0.5, 0.6) is 0 Å². The fourth-order valence-electron chi connectivity index (χ4n) is 6.16. The summed E-state index contributed by atoms with van der Waals surface area (Å²) in [4.78, 5) is 32.1. The van der Waals surface area contributed by atoms with E-state index in [0.717, 1.165) is 42.6 Å². The number of aliphatic imine (C=N–C) groups is 1. The van der Waals surface area contributed by atoms with Gasteiger partial charge in [-0.05, 0) is 62.3 Å². The molecule has 2 amide bonds. The van der Waals surface area contributed by atoms with Crippen molar-refractivity contribution in [2.75, 3.05) is 43.4 Å². The van der Waals surface area contributed by atoms with Crippen molar-refractivity contribution in [3.63, 3.8) is 0 Å². The van der Waals surface area contributed by atoms with Crippen molar-refractivity contribution in [3.05, 3.63) is 34.9 Å². The Morgan fingerprint density at radius 3 is 2.38 bits per heavy atom. The number of rotatable bonds is 6. The molecule has 1 spiro atoms. The van der Waals surface area contributed by atoms with E-state index < -0.39 is 25.4 Å². The lowest BCUT2D eigenvalue weighted by Gasteiger charge is -2.34. The highest BCUT2D eigenvalue weighted by atomic mass is 32.2. The molecule has 4 aliphatic rings. The molecule has 0 aromatic heterocycles. The van der Waals surface area contributed by atoms with Gasteiger partial charge in [0.05, 0.1) is 17.3 Å². The summed E-state index contributed by atoms with van der Waals surface area (Å²) in [6.07, 6.45) is 6.73. The van der Waals surface area contributed by atoms with Crippen molar-refractivity contribution in [1.82, 2.24) is 14.5 Å². The van der Waals surface area contributed by atoms with Crippen molar-refractivity contribution in [1.29, 1.82) is 0 Å². The molecule has 0 radical (unpaired) electrons. The van der Waals surface area contributed by atoms with Gasteiger partial charge in [0.15, 0.2) is 9.84 Å². The molecule has 0 bridgehead atoms. The molecule has 10 nitrogen and oxygen atoms in total. The molecular weight excluding hydrogens is 540 g/mol. The van der Waals surface area contributed by atoms with Gasteiger partial charge in [0.1, 0.15) is 11.4 Å². The molecule has 0 unspecified atom stereocenters. The normalized spacial score (nSPS) is 24.0. The summed E-state index contributed by atoms with van der Waals surface area (Å²) in [7, 11) is -6.60. The van der Waals surface area contributed by atoms with Crippen LogP contribution in [0.25, 0.3) is 0 Å². The monoisotopic (exact) mass is 578 g/mol. The van der Waals surface area contributed by atoms with Gasteiger partial charge in [-0.25, -0.2) is 21.1 Å². The van der Waals surface area contributed by atoms with E-state index in [-0.39, 0.29) is 55.3 Å². The summed E-state index contributed by atoms with van der Waals surface area (Å²) in [5.41, 5.74) is 1.31. The summed E-state index contributed by atoms with van der Waals surface area (Å²) in [5, 5.41) is 3.02. The molecule has 1 aromatic rings.